The maximum atomic E-state index is 13.0. The Labute approximate surface area is 185 Å². The van der Waals surface area contributed by atoms with Gasteiger partial charge in [-0.25, -0.2) is 5.01 Å². The van der Waals surface area contributed by atoms with Crippen molar-refractivity contribution in [3.8, 4) is 0 Å². The summed E-state index contributed by atoms with van der Waals surface area (Å²) in [5.41, 5.74) is 1.10. The summed E-state index contributed by atoms with van der Waals surface area (Å²) < 4.78 is 16.8. The van der Waals surface area contributed by atoms with Gasteiger partial charge in [0.25, 0.3) is 0 Å². The molecule has 2 aliphatic carbocycles. The van der Waals surface area contributed by atoms with E-state index in [1.54, 1.807) is 26.3 Å². The molecule has 0 spiro atoms. The van der Waals surface area contributed by atoms with E-state index in [4.69, 9.17) is 24.4 Å². The minimum atomic E-state index is -0.867. The molecule has 0 saturated heterocycles. The molecule has 0 aromatic rings. The van der Waals surface area contributed by atoms with Crippen LogP contribution in [0.1, 0.15) is 70.6 Å². The molecule has 0 radical (unpaired) electrons. The molecule has 4 atom stereocenters. The number of hydrogen-bond donors (Lipinski definition) is 1. The van der Waals surface area contributed by atoms with Gasteiger partial charge in [0.05, 0.1) is 24.4 Å². The van der Waals surface area contributed by atoms with E-state index in [1.807, 2.05) is 0 Å². The molecule has 8 heteroatoms. The number of carbonyl (C=O) groups is 2. The van der Waals surface area contributed by atoms with Crippen LogP contribution in [0, 0.1) is 11.8 Å². The van der Waals surface area contributed by atoms with Gasteiger partial charge >= 0.3 is 5.97 Å². The van der Waals surface area contributed by atoms with E-state index in [0.29, 0.717) is 24.4 Å². The van der Waals surface area contributed by atoms with Gasteiger partial charge in [-0.2, -0.15) is 5.10 Å². The van der Waals surface area contributed by atoms with E-state index in [0.717, 1.165) is 57.1 Å². The molecule has 1 aliphatic heterocycles. The maximum Gasteiger partial charge on any atom is 0.303 e. The molecule has 31 heavy (non-hydrogen) atoms. The highest BCUT2D eigenvalue weighted by atomic mass is 16.5. The van der Waals surface area contributed by atoms with Crippen LogP contribution in [0.2, 0.25) is 0 Å². The van der Waals surface area contributed by atoms with Crippen molar-refractivity contribution in [3.05, 3.63) is 0 Å². The van der Waals surface area contributed by atoms with E-state index in [2.05, 4.69) is 0 Å². The van der Waals surface area contributed by atoms with E-state index in [-0.39, 0.29) is 37.0 Å². The summed E-state index contributed by atoms with van der Waals surface area (Å²) in [5, 5.41) is 15.5. The Morgan fingerprint density at radius 1 is 0.968 bits per heavy atom. The van der Waals surface area contributed by atoms with Crippen molar-refractivity contribution in [1.29, 1.82) is 0 Å². The SMILES string of the molecule is COC1CCC(C2CC(C3CCC(OC)C(OC)C3)=NN2C(=O)CCCC(=O)O)CC1. The van der Waals surface area contributed by atoms with Gasteiger partial charge in [0, 0.05) is 52.2 Å². The summed E-state index contributed by atoms with van der Waals surface area (Å²) >= 11 is 0. The molecule has 3 rings (SSSR count). The lowest BCUT2D eigenvalue weighted by atomic mass is 9.77. The van der Waals surface area contributed by atoms with Gasteiger partial charge in [-0.3, -0.25) is 9.59 Å². The Balaban J connectivity index is 1.70. The molecule has 3 aliphatic rings. The number of carbonyl (C=O) groups excluding carboxylic acids is 1. The zero-order valence-corrected chi connectivity index (χ0v) is 19.1. The molecule has 1 amide bonds. The van der Waals surface area contributed by atoms with Crippen LogP contribution < -0.4 is 0 Å². The molecule has 0 aromatic heterocycles. The van der Waals surface area contributed by atoms with Crippen LogP contribution in [0.4, 0.5) is 0 Å². The van der Waals surface area contributed by atoms with Crippen LogP contribution in [0.3, 0.4) is 0 Å². The summed E-state index contributed by atoms with van der Waals surface area (Å²) in [4.78, 5) is 23.9. The molecule has 1 N–H and O–H groups in total. The van der Waals surface area contributed by atoms with Crippen LogP contribution in [0.25, 0.3) is 0 Å². The Bertz CT molecular complexity index is 646. The van der Waals surface area contributed by atoms with Gasteiger partial charge in [0.2, 0.25) is 5.91 Å². The number of amides is 1. The van der Waals surface area contributed by atoms with Crippen molar-refractivity contribution < 1.29 is 28.9 Å². The Kier molecular flexibility index (Phi) is 8.86. The first-order chi connectivity index (χ1) is 15.0. The van der Waals surface area contributed by atoms with E-state index in [9.17, 15) is 9.59 Å². The molecule has 2 fully saturated rings. The number of carboxylic acids is 1. The van der Waals surface area contributed by atoms with Crippen molar-refractivity contribution in [1.82, 2.24) is 5.01 Å². The predicted octanol–water partition coefficient (Wildman–Crippen LogP) is 3.23. The lowest BCUT2D eigenvalue weighted by Gasteiger charge is -2.35. The lowest BCUT2D eigenvalue weighted by molar-refractivity contribution is -0.137. The monoisotopic (exact) mass is 438 g/mol. The van der Waals surface area contributed by atoms with Crippen LogP contribution in [0.5, 0.6) is 0 Å². The highest BCUT2D eigenvalue weighted by Gasteiger charge is 2.42. The first-order valence-electron chi connectivity index (χ1n) is 11.7. The zero-order chi connectivity index (χ0) is 22.4. The molecular weight excluding hydrogens is 400 g/mol. The number of rotatable bonds is 9. The lowest BCUT2D eigenvalue weighted by Crippen LogP contribution is -2.41. The topological polar surface area (TPSA) is 97.7 Å². The summed E-state index contributed by atoms with van der Waals surface area (Å²) in [5.74, 6) is -0.215. The van der Waals surface area contributed by atoms with Gasteiger partial charge < -0.3 is 19.3 Å². The molecule has 8 nitrogen and oxygen atoms in total. The van der Waals surface area contributed by atoms with Crippen molar-refractivity contribution in [2.45, 2.75) is 95.0 Å². The summed E-state index contributed by atoms with van der Waals surface area (Å²) in [6.45, 7) is 0. The second-order valence-electron chi connectivity index (χ2n) is 9.18. The van der Waals surface area contributed by atoms with Crippen molar-refractivity contribution in [2.24, 2.45) is 16.9 Å². The third-order valence-electron chi connectivity index (χ3n) is 7.41. The van der Waals surface area contributed by atoms with Crippen LogP contribution >= 0.6 is 0 Å². The van der Waals surface area contributed by atoms with E-state index >= 15 is 0 Å². The second-order valence-corrected chi connectivity index (χ2v) is 9.18. The minimum Gasteiger partial charge on any atom is -0.481 e. The number of hydrazone groups is 1. The molecule has 0 bridgehead atoms. The molecule has 176 valence electrons. The number of nitrogens with zero attached hydrogens (tertiary/aromatic N) is 2. The summed E-state index contributed by atoms with van der Waals surface area (Å²) in [6, 6.07) is 0.0753. The fourth-order valence-corrected chi connectivity index (χ4v) is 5.55. The molecule has 0 aromatic carbocycles. The van der Waals surface area contributed by atoms with Gasteiger partial charge in [-0.15, -0.1) is 0 Å². The van der Waals surface area contributed by atoms with Gasteiger partial charge in [-0.05, 0) is 57.3 Å². The van der Waals surface area contributed by atoms with Gasteiger partial charge in [-0.1, -0.05) is 0 Å². The normalized spacial score (nSPS) is 33.9. The van der Waals surface area contributed by atoms with Crippen molar-refractivity contribution in [3.63, 3.8) is 0 Å². The molecular formula is C23H38N2O6. The maximum absolute atomic E-state index is 13.0. The number of ether oxygens (including phenoxy) is 3. The fraction of sp³-hybridized carbons (Fsp3) is 0.870. The fourth-order valence-electron chi connectivity index (χ4n) is 5.55. The zero-order valence-electron chi connectivity index (χ0n) is 19.1. The second kappa shape index (κ2) is 11.4. The van der Waals surface area contributed by atoms with Crippen molar-refractivity contribution >= 4 is 17.6 Å². The molecule has 2 saturated carbocycles. The first kappa shape index (κ1) is 24.1. The van der Waals surface area contributed by atoms with Crippen LogP contribution in [-0.2, 0) is 23.8 Å². The number of hydrogen-bond acceptors (Lipinski definition) is 6. The Morgan fingerprint density at radius 3 is 2.29 bits per heavy atom. The average molecular weight is 439 g/mol. The Hall–Kier alpha value is -1.51. The number of aliphatic carboxylic acids is 1. The molecule has 1 heterocycles. The minimum absolute atomic E-state index is 0.0102. The average Bonchev–Trinajstić information content (AvgIpc) is 3.24. The quantitative estimate of drug-likeness (QED) is 0.594. The van der Waals surface area contributed by atoms with Gasteiger partial charge in [0.1, 0.15) is 0 Å². The highest BCUT2D eigenvalue weighted by molar-refractivity contribution is 5.92. The standard InChI is InChI=1S/C23H38N2O6/c1-29-17-10-7-15(8-11-17)19-14-18(16-9-12-20(30-2)21(13-16)31-3)24-25(19)22(26)5-4-6-23(27)28/h15-17,19-21H,4-14H2,1-3H3,(H,27,28). The Morgan fingerprint density at radius 2 is 1.68 bits per heavy atom. The third kappa shape index (κ3) is 6.05. The van der Waals surface area contributed by atoms with Crippen molar-refractivity contribution in [2.75, 3.05) is 21.3 Å². The van der Waals surface area contributed by atoms with E-state index < -0.39 is 5.97 Å². The van der Waals surface area contributed by atoms with Crippen LogP contribution in [0.15, 0.2) is 5.10 Å². The number of methoxy groups -OCH3 is 3. The third-order valence-corrected chi connectivity index (χ3v) is 7.41. The van der Waals surface area contributed by atoms with Gasteiger partial charge in [0.15, 0.2) is 0 Å². The van der Waals surface area contributed by atoms with E-state index in [1.165, 1.54) is 0 Å². The molecule has 4 unspecified atom stereocenters. The largest absolute Gasteiger partial charge is 0.481 e. The summed E-state index contributed by atoms with van der Waals surface area (Å²) in [7, 11) is 5.22. The first-order valence-corrected chi connectivity index (χ1v) is 11.7. The predicted molar refractivity (Wildman–Crippen MR) is 116 cm³/mol. The summed E-state index contributed by atoms with van der Waals surface area (Å²) in [6.07, 6.45) is 8.72. The smallest absolute Gasteiger partial charge is 0.303 e. The van der Waals surface area contributed by atoms with Crippen LogP contribution in [-0.4, -0.2) is 73.4 Å². The highest BCUT2D eigenvalue weighted by Crippen LogP contribution is 2.39. The number of carboxylic acid groups (broad SMARTS) is 1.